The van der Waals surface area contributed by atoms with Crippen molar-refractivity contribution < 1.29 is 18.3 Å². The molecule has 37 heavy (non-hydrogen) atoms. The SMILES string of the molecule is CC(O)[C@H](CC(=O)N[C@@H]1CCCc2cc(CN3CCCCC3)ccc21)NS(=O)(=O)c1ccc(Cl)c(Cl)c1. The number of nitrogens with one attached hydrogen (secondary N) is 2. The van der Waals surface area contributed by atoms with Crippen molar-refractivity contribution in [3.05, 3.63) is 63.1 Å². The van der Waals surface area contributed by atoms with Crippen molar-refractivity contribution in [1.82, 2.24) is 14.9 Å². The summed E-state index contributed by atoms with van der Waals surface area (Å²) in [5.74, 6) is -0.321. The Morgan fingerprint density at radius 3 is 2.54 bits per heavy atom. The lowest BCUT2D eigenvalue weighted by Gasteiger charge is -2.30. The van der Waals surface area contributed by atoms with Crippen LogP contribution in [0.15, 0.2) is 41.3 Å². The van der Waals surface area contributed by atoms with Crippen LogP contribution in [0, 0.1) is 0 Å². The van der Waals surface area contributed by atoms with Gasteiger partial charge in [0.05, 0.1) is 33.1 Å². The number of fused-ring (bicyclic) bond motifs is 1. The highest BCUT2D eigenvalue weighted by Crippen LogP contribution is 2.31. The topological polar surface area (TPSA) is 98.7 Å². The largest absolute Gasteiger partial charge is 0.392 e. The van der Waals surface area contributed by atoms with Crippen LogP contribution in [0.3, 0.4) is 0 Å². The van der Waals surface area contributed by atoms with Gasteiger partial charge in [-0.05, 0) is 87.0 Å². The number of hydrogen-bond acceptors (Lipinski definition) is 5. The van der Waals surface area contributed by atoms with Crippen molar-refractivity contribution in [2.24, 2.45) is 0 Å². The number of carbonyl (C=O) groups is 1. The fourth-order valence-corrected chi connectivity index (χ4v) is 6.86. The minimum Gasteiger partial charge on any atom is -0.392 e. The number of amides is 1. The first-order valence-corrected chi connectivity index (χ1v) is 15.1. The van der Waals surface area contributed by atoms with Crippen LogP contribution < -0.4 is 10.0 Å². The minimum atomic E-state index is -4.03. The van der Waals surface area contributed by atoms with Gasteiger partial charge in [0.2, 0.25) is 15.9 Å². The number of sulfonamides is 1. The van der Waals surface area contributed by atoms with Crippen molar-refractivity contribution in [2.45, 2.75) is 81.5 Å². The monoisotopic (exact) mass is 567 g/mol. The number of aliphatic hydroxyl groups is 1. The summed E-state index contributed by atoms with van der Waals surface area (Å²) < 4.78 is 28.2. The van der Waals surface area contributed by atoms with E-state index in [-0.39, 0.29) is 33.3 Å². The summed E-state index contributed by atoms with van der Waals surface area (Å²) >= 11 is 11.9. The van der Waals surface area contributed by atoms with E-state index in [2.05, 4.69) is 33.1 Å². The summed E-state index contributed by atoms with van der Waals surface area (Å²) in [6, 6.07) is 9.36. The zero-order valence-corrected chi connectivity index (χ0v) is 23.4. The van der Waals surface area contributed by atoms with Crippen molar-refractivity contribution in [3.8, 4) is 0 Å². The van der Waals surface area contributed by atoms with Gasteiger partial charge in [0.25, 0.3) is 0 Å². The standard InChI is InChI=1S/C27H35Cl2N3O4S/c1-18(33)26(31-37(35,36)21-9-11-23(28)24(29)15-21)16-27(34)30-25-7-5-6-20-14-19(8-10-22(20)25)17-32-12-3-2-4-13-32/h8-11,14-15,18,25-26,31,33H,2-7,12-13,16-17H2,1H3,(H,30,34)/t18?,25-,26+/m1/s1. The highest BCUT2D eigenvalue weighted by atomic mass is 35.5. The molecule has 3 N–H and O–H groups in total. The maximum Gasteiger partial charge on any atom is 0.240 e. The molecule has 10 heteroatoms. The van der Waals surface area contributed by atoms with E-state index in [9.17, 15) is 18.3 Å². The van der Waals surface area contributed by atoms with Gasteiger partial charge in [-0.1, -0.05) is 47.8 Å². The van der Waals surface area contributed by atoms with Crippen molar-refractivity contribution in [1.29, 1.82) is 0 Å². The van der Waals surface area contributed by atoms with E-state index in [1.165, 1.54) is 55.5 Å². The molecular weight excluding hydrogens is 533 g/mol. The predicted octanol–water partition coefficient (Wildman–Crippen LogP) is 4.59. The maximum atomic E-state index is 13.0. The molecule has 0 bridgehead atoms. The summed E-state index contributed by atoms with van der Waals surface area (Å²) in [5, 5.41) is 13.6. The molecule has 0 spiro atoms. The molecular formula is C27H35Cl2N3O4S. The number of rotatable bonds is 9. The molecule has 0 aromatic heterocycles. The average molecular weight is 569 g/mol. The number of likely N-dealkylation sites (tertiary alicyclic amines) is 1. The van der Waals surface area contributed by atoms with Crippen LogP contribution in [0.5, 0.6) is 0 Å². The molecule has 1 aliphatic heterocycles. The fourth-order valence-electron chi connectivity index (χ4n) is 5.17. The Kier molecular flexibility index (Phi) is 9.53. The van der Waals surface area contributed by atoms with E-state index in [1.807, 2.05) is 0 Å². The Hall–Kier alpha value is -1.68. The maximum absolute atomic E-state index is 13.0. The molecule has 0 radical (unpaired) electrons. The van der Waals surface area contributed by atoms with Crippen LogP contribution in [0.25, 0.3) is 0 Å². The number of aryl methyl sites for hydroxylation is 1. The van der Waals surface area contributed by atoms with Crippen LogP contribution in [-0.2, 0) is 27.8 Å². The molecule has 2 aliphatic rings. The lowest BCUT2D eigenvalue weighted by Crippen LogP contribution is -2.45. The predicted molar refractivity (Wildman–Crippen MR) is 146 cm³/mol. The molecule has 4 rings (SSSR count). The third-order valence-electron chi connectivity index (χ3n) is 7.21. The number of hydrogen-bond donors (Lipinski definition) is 3. The highest BCUT2D eigenvalue weighted by Gasteiger charge is 2.28. The van der Waals surface area contributed by atoms with Crippen molar-refractivity contribution >= 4 is 39.1 Å². The van der Waals surface area contributed by atoms with E-state index in [4.69, 9.17) is 23.2 Å². The number of carbonyl (C=O) groups excluding carboxylic acids is 1. The van der Waals surface area contributed by atoms with Crippen LogP contribution in [-0.4, -0.2) is 49.6 Å². The second kappa shape index (κ2) is 12.5. The van der Waals surface area contributed by atoms with Gasteiger partial charge in [0.1, 0.15) is 0 Å². The summed E-state index contributed by atoms with van der Waals surface area (Å²) in [7, 11) is -4.03. The van der Waals surface area contributed by atoms with Gasteiger partial charge >= 0.3 is 0 Å². The summed E-state index contributed by atoms with van der Waals surface area (Å²) in [6.07, 6.45) is 5.32. The molecule has 1 amide bonds. The molecule has 3 atom stereocenters. The molecule has 2 aromatic carbocycles. The van der Waals surface area contributed by atoms with Crippen LogP contribution >= 0.6 is 23.2 Å². The highest BCUT2D eigenvalue weighted by molar-refractivity contribution is 7.89. The Balaban J connectivity index is 1.40. The Labute approximate surface area is 229 Å². The molecule has 2 aromatic rings. The van der Waals surface area contributed by atoms with Gasteiger partial charge in [-0.3, -0.25) is 9.69 Å². The molecule has 202 valence electrons. The normalized spacial score (nSPS) is 20.2. The summed E-state index contributed by atoms with van der Waals surface area (Å²) in [4.78, 5) is 15.4. The number of piperidine rings is 1. The molecule has 7 nitrogen and oxygen atoms in total. The van der Waals surface area contributed by atoms with Crippen LogP contribution in [0.1, 0.15) is 68.2 Å². The molecule has 1 saturated heterocycles. The third-order valence-corrected chi connectivity index (χ3v) is 9.43. The Morgan fingerprint density at radius 2 is 1.84 bits per heavy atom. The zero-order chi connectivity index (χ0) is 26.6. The van der Waals surface area contributed by atoms with Crippen molar-refractivity contribution in [3.63, 3.8) is 0 Å². The number of nitrogens with zero attached hydrogens (tertiary/aromatic N) is 1. The molecule has 1 fully saturated rings. The van der Waals surface area contributed by atoms with Gasteiger partial charge in [-0.25, -0.2) is 13.1 Å². The van der Waals surface area contributed by atoms with E-state index in [1.54, 1.807) is 0 Å². The van der Waals surface area contributed by atoms with Gasteiger partial charge in [-0.15, -0.1) is 0 Å². The molecule has 0 saturated carbocycles. The van der Waals surface area contributed by atoms with Gasteiger partial charge < -0.3 is 10.4 Å². The first kappa shape index (κ1) is 28.3. The minimum absolute atomic E-state index is 0.0884. The van der Waals surface area contributed by atoms with Crippen LogP contribution in [0.4, 0.5) is 0 Å². The van der Waals surface area contributed by atoms with E-state index >= 15 is 0 Å². The second-order valence-corrected chi connectivity index (χ2v) is 12.7. The number of halogens is 2. The first-order valence-electron chi connectivity index (χ1n) is 12.9. The zero-order valence-electron chi connectivity index (χ0n) is 21.1. The number of benzene rings is 2. The van der Waals surface area contributed by atoms with Gasteiger partial charge in [-0.2, -0.15) is 0 Å². The first-order chi connectivity index (χ1) is 17.6. The average Bonchev–Trinajstić information content (AvgIpc) is 2.85. The van der Waals surface area contributed by atoms with E-state index in [0.717, 1.165) is 44.5 Å². The summed E-state index contributed by atoms with van der Waals surface area (Å²) in [6.45, 7) is 4.71. The summed E-state index contributed by atoms with van der Waals surface area (Å²) in [5.41, 5.74) is 3.68. The quantitative estimate of drug-likeness (QED) is 0.411. The fraction of sp³-hybridized carbons (Fsp3) is 0.519. The molecule has 1 unspecified atom stereocenters. The second-order valence-electron chi connectivity index (χ2n) is 10.1. The lowest BCUT2D eigenvalue weighted by molar-refractivity contribution is -0.122. The Morgan fingerprint density at radius 1 is 1.08 bits per heavy atom. The lowest BCUT2D eigenvalue weighted by atomic mass is 9.86. The van der Waals surface area contributed by atoms with Gasteiger partial charge in [0.15, 0.2) is 0 Å². The molecule has 1 aliphatic carbocycles. The van der Waals surface area contributed by atoms with E-state index in [0.29, 0.717) is 0 Å². The number of aliphatic hydroxyl groups excluding tert-OH is 1. The van der Waals surface area contributed by atoms with E-state index < -0.39 is 22.2 Å². The molecule has 1 heterocycles. The Bertz CT molecular complexity index is 1220. The third kappa shape index (κ3) is 7.46. The van der Waals surface area contributed by atoms with Crippen molar-refractivity contribution in [2.75, 3.05) is 13.1 Å². The van der Waals surface area contributed by atoms with Gasteiger partial charge in [0, 0.05) is 13.0 Å². The smallest absolute Gasteiger partial charge is 0.240 e. The van der Waals surface area contributed by atoms with Crippen LogP contribution in [0.2, 0.25) is 10.0 Å².